The van der Waals surface area contributed by atoms with Crippen LogP contribution < -0.4 is 14.8 Å². The van der Waals surface area contributed by atoms with Crippen molar-refractivity contribution in [2.24, 2.45) is 0 Å². The SMILES string of the molecule is CCOc1cc(C=O)ccc1OCCCN1CCNCC1. The number of nitrogens with one attached hydrogen (secondary N) is 1. The lowest BCUT2D eigenvalue weighted by Gasteiger charge is -2.27. The van der Waals surface area contributed by atoms with E-state index in [9.17, 15) is 4.79 Å². The van der Waals surface area contributed by atoms with Gasteiger partial charge in [0.2, 0.25) is 0 Å². The minimum Gasteiger partial charge on any atom is -0.490 e. The maximum Gasteiger partial charge on any atom is 0.161 e. The first-order valence-electron chi connectivity index (χ1n) is 7.61. The molecule has 0 atom stereocenters. The Morgan fingerprint density at radius 2 is 2.05 bits per heavy atom. The van der Waals surface area contributed by atoms with Crippen molar-refractivity contribution in [3.05, 3.63) is 23.8 Å². The number of nitrogens with zero attached hydrogens (tertiary/aromatic N) is 1. The summed E-state index contributed by atoms with van der Waals surface area (Å²) in [6.45, 7) is 8.55. The van der Waals surface area contributed by atoms with Crippen LogP contribution in [0.2, 0.25) is 0 Å². The van der Waals surface area contributed by atoms with Crippen LogP contribution in [0.1, 0.15) is 23.7 Å². The van der Waals surface area contributed by atoms with Gasteiger partial charge in [-0.1, -0.05) is 0 Å². The molecular weight excluding hydrogens is 268 g/mol. The van der Waals surface area contributed by atoms with Gasteiger partial charge >= 0.3 is 0 Å². The average molecular weight is 292 g/mol. The van der Waals surface area contributed by atoms with E-state index in [2.05, 4.69) is 10.2 Å². The van der Waals surface area contributed by atoms with Crippen LogP contribution >= 0.6 is 0 Å². The summed E-state index contributed by atoms with van der Waals surface area (Å²) in [4.78, 5) is 13.2. The third-order valence-electron chi connectivity index (χ3n) is 3.49. The predicted octanol–water partition coefficient (Wildman–Crippen LogP) is 1.57. The smallest absolute Gasteiger partial charge is 0.161 e. The molecule has 1 aromatic rings. The molecule has 1 fully saturated rings. The number of piperazine rings is 1. The highest BCUT2D eigenvalue weighted by atomic mass is 16.5. The second-order valence-corrected chi connectivity index (χ2v) is 5.05. The Bertz CT molecular complexity index is 445. The monoisotopic (exact) mass is 292 g/mol. The van der Waals surface area contributed by atoms with Gasteiger partial charge in [0, 0.05) is 38.3 Å². The molecule has 0 aliphatic carbocycles. The number of carbonyl (C=O) groups excluding carboxylic acids is 1. The van der Waals surface area contributed by atoms with Crippen molar-refractivity contribution in [3.8, 4) is 11.5 Å². The Kier molecular flexibility index (Phi) is 6.50. The van der Waals surface area contributed by atoms with Crippen molar-refractivity contribution in [2.75, 3.05) is 45.9 Å². The molecule has 116 valence electrons. The van der Waals surface area contributed by atoms with Gasteiger partial charge in [-0.2, -0.15) is 0 Å². The van der Waals surface area contributed by atoms with Gasteiger partial charge in [-0.25, -0.2) is 0 Å². The van der Waals surface area contributed by atoms with Gasteiger partial charge in [0.25, 0.3) is 0 Å². The van der Waals surface area contributed by atoms with Crippen molar-refractivity contribution < 1.29 is 14.3 Å². The molecule has 0 unspecified atom stereocenters. The van der Waals surface area contributed by atoms with Crippen molar-refractivity contribution in [3.63, 3.8) is 0 Å². The normalized spacial score (nSPS) is 15.7. The third-order valence-corrected chi connectivity index (χ3v) is 3.49. The first-order chi connectivity index (χ1) is 10.3. The van der Waals surface area contributed by atoms with Crippen molar-refractivity contribution >= 4 is 6.29 Å². The van der Waals surface area contributed by atoms with Gasteiger partial charge in [0.05, 0.1) is 13.2 Å². The Hall–Kier alpha value is -1.59. The van der Waals surface area contributed by atoms with Crippen LogP contribution in [0.25, 0.3) is 0 Å². The topological polar surface area (TPSA) is 50.8 Å². The molecular formula is C16H24N2O3. The summed E-state index contributed by atoms with van der Waals surface area (Å²) in [6.07, 6.45) is 1.80. The van der Waals surface area contributed by atoms with Gasteiger partial charge in [-0.05, 0) is 31.5 Å². The number of benzene rings is 1. The van der Waals surface area contributed by atoms with Gasteiger partial charge in [0.15, 0.2) is 11.5 Å². The molecule has 0 radical (unpaired) electrons. The molecule has 0 aromatic heterocycles. The summed E-state index contributed by atoms with van der Waals surface area (Å²) < 4.78 is 11.3. The summed E-state index contributed by atoms with van der Waals surface area (Å²) in [5.74, 6) is 1.35. The lowest BCUT2D eigenvalue weighted by molar-refractivity contribution is 0.112. The molecule has 2 rings (SSSR count). The minimum atomic E-state index is 0.555. The van der Waals surface area contributed by atoms with Crippen LogP contribution in [0.5, 0.6) is 11.5 Å². The van der Waals surface area contributed by atoms with E-state index in [1.165, 1.54) is 0 Å². The van der Waals surface area contributed by atoms with Crippen LogP contribution in [0.15, 0.2) is 18.2 Å². The van der Waals surface area contributed by atoms with Gasteiger partial charge in [-0.15, -0.1) is 0 Å². The number of ether oxygens (including phenoxy) is 2. The molecule has 1 aliphatic rings. The average Bonchev–Trinajstić information content (AvgIpc) is 2.54. The zero-order valence-electron chi connectivity index (χ0n) is 12.6. The minimum absolute atomic E-state index is 0.555. The maximum absolute atomic E-state index is 10.8. The highest BCUT2D eigenvalue weighted by molar-refractivity contribution is 5.76. The largest absolute Gasteiger partial charge is 0.490 e. The van der Waals surface area contributed by atoms with Crippen LogP contribution in [-0.4, -0.2) is 57.1 Å². The fourth-order valence-electron chi connectivity index (χ4n) is 2.39. The number of hydrogen-bond donors (Lipinski definition) is 1. The molecule has 1 aliphatic heterocycles. The van der Waals surface area contributed by atoms with Crippen LogP contribution in [0.3, 0.4) is 0 Å². The van der Waals surface area contributed by atoms with Gasteiger partial charge in [0.1, 0.15) is 6.29 Å². The fraction of sp³-hybridized carbons (Fsp3) is 0.562. The predicted molar refractivity (Wildman–Crippen MR) is 82.4 cm³/mol. The number of rotatable bonds is 8. The Labute approximate surface area is 126 Å². The van der Waals surface area contributed by atoms with Crippen LogP contribution in [-0.2, 0) is 0 Å². The first-order valence-corrected chi connectivity index (χ1v) is 7.61. The van der Waals surface area contributed by atoms with E-state index in [0.29, 0.717) is 30.3 Å². The van der Waals surface area contributed by atoms with E-state index in [4.69, 9.17) is 9.47 Å². The van der Waals surface area contributed by atoms with Gasteiger partial charge in [-0.3, -0.25) is 4.79 Å². The Balaban J connectivity index is 1.80. The molecule has 5 nitrogen and oxygen atoms in total. The zero-order valence-corrected chi connectivity index (χ0v) is 12.6. The van der Waals surface area contributed by atoms with Crippen LogP contribution in [0.4, 0.5) is 0 Å². The number of aldehydes is 1. The third kappa shape index (κ3) is 5.02. The summed E-state index contributed by atoms with van der Waals surface area (Å²) >= 11 is 0. The molecule has 0 amide bonds. The molecule has 5 heteroatoms. The quantitative estimate of drug-likeness (QED) is 0.582. The highest BCUT2D eigenvalue weighted by Gasteiger charge is 2.10. The molecule has 21 heavy (non-hydrogen) atoms. The van der Waals surface area contributed by atoms with Crippen molar-refractivity contribution in [1.82, 2.24) is 10.2 Å². The van der Waals surface area contributed by atoms with Crippen LogP contribution in [0, 0.1) is 0 Å². The lowest BCUT2D eigenvalue weighted by Crippen LogP contribution is -2.43. The van der Waals surface area contributed by atoms with E-state index < -0.39 is 0 Å². The van der Waals surface area contributed by atoms with E-state index in [1.54, 1.807) is 18.2 Å². The van der Waals surface area contributed by atoms with E-state index >= 15 is 0 Å². The van der Waals surface area contributed by atoms with Crippen molar-refractivity contribution in [2.45, 2.75) is 13.3 Å². The molecule has 0 bridgehead atoms. The Morgan fingerprint density at radius 3 is 2.76 bits per heavy atom. The summed E-state index contributed by atoms with van der Waals surface area (Å²) in [7, 11) is 0. The molecule has 1 saturated heterocycles. The molecule has 1 aromatic carbocycles. The summed E-state index contributed by atoms with van der Waals surface area (Å²) in [5.41, 5.74) is 0.603. The highest BCUT2D eigenvalue weighted by Crippen LogP contribution is 2.28. The summed E-state index contributed by atoms with van der Waals surface area (Å²) in [6, 6.07) is 5.28. The lowest BCUT2D eigenvalue weighted by atomic mass is 10.2. The number of hydrogen-bond acceptors (Lipinski definition) is 5. The number of carbonyl (C=O) groups is 1. The molecule has 0 spiro atoms. The maximum atomic E-state index is 10.8. The second kappa shape index (κ2) is 8.64. The first kappa shape index (κ1) is 15.8. The standard InChI is InChI=1S/C16H24N2O3/c1-2-20-16-12-14(13-19)4-5-15(16)21-11-3-8-18-9-6-17-7-10-18/h4-5,12-13,17H,2-3,6-11H2,1H3. The van der Waals surface area contributed by atoms with E-state index in [-0.39, 0.29) is 0 Å². The fourth-order valence-corrected chi connectivity index (χ4v) is 2.39. The van der Waals surface area contributed by atoms with Crippen molar-refractivity contribution in [1.29, 1.82) is 0 Å². The molecule has 0 saturated carbocycles. The van der Waals surface area contributed by atoms with E-state index in [1.807, 2.05) is 6.92 Å². The molecule has 1 heterocycles. The van der Waals surface area contributed by atoms with E-state index in [0.717, 1.165) is 45.4 Å². The molecule has 1 N–H and O–H groups in total. The summed E-state index contributed by atoms with van der Waals surface area (Å²) in [5, 5.41) is 3.35. The Morgan fingerprint density at radius 1 is 1.24 bits per heavy atom. The van der Waals surface area contributed by atoms with Gasteiger partial charge < -0.3 is 19.7 Å². The zero-order chi connectivity index (χ0) is 14.9. The second-order valence-electron chi connectivity index (χ2n) is 5.05.